The van der Waals surface area contributed by atoms with Crippen molar-refractivity contribution < 1.29 is 18.7 Å². The number of hydrogen-bond donors (Lipinski definition) is 0. The summed E-state index contributed by atoms with van der Waals surface area (Å²) in [7, 11) is 2.99. The number of carbonyl (C=O) groups excluding carboxylic acids is 1. The van der Waals surface area contributed by atoms with Crippen LogP contribution in [-0.4, -0.2) is 35.4 Å². The van der Waals surface area contributed by atoms with Gasteiger partial charge in [0.1, 0.15) is 5.75 Å². The molecule has 0 bridgehead atoms. The third kappa shape index (κ3) is 4.61. The molecule has 0 N–H and O–H groups in total. The van der Waals surface area contributed by atoms with Crippen molar-refractivity contribution in [3.8, 4) is 28.3 Å². The Hall–Kier alpha value is -4.17. The van der Waals surface area contributed by atoms with Gasteiger partial charge in [0.05, 0.1) is 31.0 Å². The van der Waals surface area contributed by atoms with Crippen molar-refractivity contribution in [3.05, 3.63) is 90.1 Å². The summed E-state index contributed by atoms with van der Waals surface area (Å²) < 4.78 is 16.2. The standard InChI is InChI=1S/C27H21N3O4S/c1-32-19-14-12-18(13-15-19)25-29-30-27(34-25)35-16-22-24(26(31)33-2)23(17-8-4-3-5-9-17)20-10-6-7-11-21(20)28-22/h3-15H,16H2,1-2H3. The lowest BCUT2D eigenvalue weighted by molar-refractivity contribution is 0.0600. The van der Waals surface area contributed by atoms with Crippen LogP contribution in [0.2, 0.25) is 0 Å². The lowest BCUT2D eigenvalue weighted by Crippen LogP contribution is -2.10. The van der Waals surface area contributed by atoms with Gasteiger partial charge in [-0.1, -0.05) is 60.3 Å². The van der Waals surface area contributed by atoms with Crippen molar-refractivity contribution in [1.29, 1.82) is 0 Å². The minimum Gasteiger partial charge on any atom is -0.497 e. The van der Waals surface area contributed by atoms with Crippen LogP contribution in [0.25, 0.3) is 33.5 Å². The quantitative estimate of drug-likeness (QED) is 0.205. The lowest BCUT2D eigenvalue weighted by atomic mass is 9.94. The average molecular weight is 484 g/mol. The largest absolute Gasteiger partial charge is 0.497 e. The van der Waals surface area contributed by atoms with Gasteiger partial charge in [-0.3, -0.25) is 4.98 Å². The van der Waals surface area contributed by atoms with Gasteiger partial charge in [0.2, 0.25) is 5.89 Å². The summed E-state index contributed by atoms with van der Waals surface area (Å²) in [5, 5.41) is 9.57. The van der Waals surface area contributed by atoms with E-state index in [1.807, 2.05) is 78.9 Å². The molecule has 0 unspecified atom stereocenters. The number of fused-ring (bicyclic) bond motifs is 1. The number of pyridine rings is 1. The Bertz CT molecular complexity index is 1480. The zero-order valence-electron chi connectivity index (χ0n) is 19.1. The SMILES string of the molecule is COC(=O)c1c(CSc2nnc(-c3ccc(OC)cc3)o2)nc2ccccc2c1-c1ccccc1. The molecule has 7 nitrogen and oxygen atoms in total. The highest BCUT2D eigenvalue weighted by Gasteiger charge is 2.23. The number of thioether (sulfide) groups is 1. The first kappa shape index (κ1) is 22.6. The van der Waals surface area contributed by atoms with E-state index in [2.05, 4.69) is 10.2 Å². The summed E-state index contributed by atoms with van der Waals surface area (Å²) in [5.74, 6) is 1.05. The fourth-order valence-corrected chi connectivity index (χ4v) is 4.55. The number of esters is 1. The van der Waals surface area contributed by atoms with Gasteiger partial charge in [-0.25, -0.2) is 4.79 Å². The fourth-order valence-electron chi connectivity index (χ4n) is 3.84. The number of benzene rings is 3. The second kappa shape index (κ2) is 9.99. The Morgan fingerprint density at radius 1 is 0.886 bits per heavy atom. The normalized spacial score (nSPS) is 10.9. The summed E-state index contributed by atoms with van der Waals surface area (Å²) in [6.45, 7) is 0. The summed E-state index contributed by atoms with van der Waals surface area (Å²) in [6, 6.07) is 24.9. The number of ether oxygens (including phenoxy) is 2. The number of methoxy groups -OCH3 is 2. The Morgan fingerprint density at radius 2 is 1.63 bits per heavy atom. The van der Waals surface area contributed by atoms with Gasteiger partial charge in [-0.05, 0) is 35.9 Å². The topological polar surface area (TPSA) is 87.3 Å². The highest BCUT2D eigenvalue weighted by Crippen LogP contribution is 2.36. The van der Waals surface area contributed by atoms with Gasteiger partial charge in [0.15, 0.2) is 0 Å². The molecule has 0 aliphatic heterocycles. The molecule has 5 aromatic rings. The molecule has 8 heteroatoms. The molecule has 0 atom stereocenters. The van der Waals surface area contributed by atoms with Crippen molar-refractivity contribution >= 4 is 28.6 Å². The van der Waals surface area contributed by atoms with Crippen LogP contribution < -0.4 is 4.74 Å². The number of hydrogen-bond acceptors (Lipinski definition) is 8. The van der Waals surface area contributed by atoms with Gasteiger partial charge >= 0.3 is 5.97 Å². The van der Waals surface area contributed by atoms with Crippen LogP contribution in [0.5, 0.6) is 5.75 Å². The number of carbonyl (C=O) groups is 1. The molecule has 2 aromatic heterocycles. The van der Waals surface area contributed by atoms with Gasteiger partial charge < -0.3 is 13.9 Å². The van der Waals surface area contributed by atoms with Crippen LogP contribution in [-0.2, 0) is 10.5 Å². The first-order valence-electron chi connectivity index (χ1n) is 10.8. The Balaban J connectivity index is 1.52. The number of para-hydroxylation sites is 1. The molecule has 0 aliphatic rings. The molecule has 174 valence electrons. The van der Waals surface area contributed by atoms with Gasteiger partial charge in [0, 0.05) is 22.3 Å². The van der Waals surface area contributed by atoms with E-state index < -0.39 is 5.97 Å². The molecule has 0 aliphatic carbocycles. The molecule has 2 heterocycles. The maximum atomic E-state index is 13.0. The Labute approximate surface area is 206 Å². The summed E-state index contributed by atoms with van der Waals surface area (Å²) >= 11 is 1.32. The van der Waals surface area contributed by atoms with E-state index in [0.29, 0.717) is 28.1 Å². The van der Waals surface area contributed by atoms with Gasteiger partial charge in [-0.2, -0.15) is 0 Å². The van der Waals surface area contributed by atoms with Crippen LogP contribution in [0.15, 0.2) is 88.5 Å². The highest BCUT2D eigenvalue weighted by molar-refractivity contribution is 7.98. The molecule has 35 heavy (non-hydrogen) atoms. The molecular formula is C27H21N3O4S. The van der Waals surface area contributed by atoms with Gasteiger partial charge in [0.25, 0.3) is 5.22 Å². The summed E-state index contributed by atoms with van der Waals surface area (Å²) in [5.41, 5.74) is 4.30. The van der Waals surface area contributed by atoms with E-state index in [0.717, 1.165) is 33.3 Å². The second-order valence-electron chi connectivity index (χ2n) is 7.57. The summed E-state index contributed by atoms with van der Waals surface area (Å²) in [6.07, 6.45) is 0. The monoisotopic (exact) mass is 483 g/mol. The van der Waals surface area contributed by atoms with E-state index in [-0.39, 0.29) is 0 Å². The molecule has 0 spiro atoms. The van der Waals surface area contributed by atoms with Crippen molar-refractivity contribution in [3.63, 3.8) is 0 Å². The first-order chi connectivity index (χ1) is 17.2. The molecule has 3 aromatic carbocycles. The van der Waals surface area contributed by atoms with Crippen LogP contribution in [0.4, 0.5) is 0 Å². The molecule has 0 amide bonds. The third-order valence-corrected chi connectivity index (χ3v) is 6.32. The predicted molar refractivity (Wildman–Crippen MR) is 134 cm³/mol. The van der Waals surface area contributed by atoms with Crippen LogP contribution in [0.3, 0.4) is 0 Å². The van der Waals surface area contributed by atoms with Gasteiger partial charge in [-0.15, -0.1) is 10.2 Å². The fraction of sp³-hybridized carbons (Fsp3) is 0.111. The maximum Gasteiger partial charge on any atom is 0.340 e. The van der Waals surface area contributed by atoms with Crippen molar-refractivity contribution in [2.45, 2.75) is 11.0 Å². The van der Waals surface area contributed by atoms with E-state index in [1.54, 1.807) is 7.11 Å². The number of aromatic nitrogens is 3. The molecule has 0 saturated carbocycles. The number of nitrogens with zero attached hydrogens (tertiary/aromatic N) is 3. The van der Waals surface area contributed by atoms with E-state index in [9.17, 15) is 4.79 Å². The van der Waals surface area contributed by atoms with E-state index in [4.69, 9.17) is 18.9 Å². The predicted octanol–water partition coefficient (Wildman–Crippen LogP) is 6.04. The minimum absolute atomic E-state index is 0.347. The number of rotatable bonds is 7. The van der Waals surface area contributed by atoms with Crippen LogP contribution in [0, 0.1) is 0 Å². The van der Waals surface area contributed by atoms with Crippen molar-refractivity contribution in [2.75, 3.05) is 14.2 Å². The Morgan fingerprint density at radius 3 is 2.37 bits per heavy atom. The molecule has 5 rings (SSSR count). The zero-order valence-corrected chi connectivity index (χ0v) is 19.9. The van der Waals surface area contributed by atoms with Crippen LogP contribution in [0.1, 0.15) is 16.1 Å². The van der Waals surface area contributed by atoms with Crippen molar-refractivity contribution in [2.24, 2.45) is 0 Å². The lowest BCUT2D eigenvalue weighted by Gasteiger charge is -2.15. The third-order valence-electron chi connectivity index (χ3n) is 5.50. The highest BCUT2D eigenvalue weighted by atomic mass is 32.2. The summed E-state index contributed by atoms with van der Waals surface area (Å²) in [4.78, 5) is 17.8. The minimum atomic E-state index is -0.442. The van der Waals surface area contributed by atoms with Crippen molar-refractivity contribution in [1.82, 2.24) is 15.2 Å². The zero-order chi connectivity index (χ0) is 24.2. The first-order valence-corrected chi connectivity index (χ1v) is 11.8. The van der Waals surface area contributed by atoms with E-state index in [1.165, 1.54) is 18.9 Å². The molecular weight excluding hydrogens is 462 g/mol. The Kier molecular flexibility index (Phi) is 6.45. The molecule has 0 radical (unpaired) electrons. The molecule has 0 saturated heterocycles. The average Bonchev–Trinajstić information content (AvgIpc) is 3.40. The van der Waals surface area contributed by atoms with Crippen LogP contribution >= 0.6 is 11.8 Å². The smallest absolute Gasteiger partial charge is 0.340 e. The molecule has 0 fully saturated rings. The second-order valence-corrected chi connectivity index (χ2v) is 8.50. The van der Waals surface area contributed by atoms with E-state index >= 15 is 0 Å². The maximum absolute atomic E-state index is 13.0.